The molecule has 1 heterocycles. The molecule has 1 rings (SSSR count). The molecule has 0 amide bonds. The molecular weight excluding hydrogens is 156 g/mol. The molecular formula is C6H9BF3O-. The Morgan fingerprint density at radius 1 is 1.45 bits per heavy atom. The topological polar surface area (TPSA) is 9.23 Å². The summed E-state index contributed by atoms with van der Waals surface area (Å²) in [5, 5.41) is 0. The van der Waals surface area contributed by atoms with E-state index in [4.69, 9.17) is 4.74 Å². The summed E-state index contributed by atoms with van der Waals surface area (Å²) < 4.78 is 40.8. The summed E-state index contributed by atoms with van der Waals surface area (Å²) in [5.74, 6) is 0. The highest BCUT2D eigenvalue weighted by molar-refractivity contribution is 6.66. The third kappa shape index (κ3) is 1.99. The van der Waals surface area contributed by atoms with E-state index in [1.165, 1.54) is 0 Å². The second-order valence-electron chi connectivity index (χ2n) is 2.65. The largest absolute Gasteiger partial charge is 0.507 e. The van der Waals surface area contributed by atoms with Crippen molar-refractivity contribution in [2.24, 2.45) is 0 Å². The molecule has 0 N–H and O–H groups in total. The molecule has 1 aliphatic heterocycles. The fourth-order valence-electron chi connectivity index (χ4n) is 1.08. The van der Waals surface area contributed by atoms with Crippen molar-refractivity contribution in [2.45, 2.75) is 18.9 Å². The lowest BCUT2D eigenvalue weighted by molar-refractivity contribution is 0.138. The summed E-state index contributed by atoms with van der Waals surface area (Å²) in [7, 11) is 0. The monoisotopic (exact) mass is 165 g/mol. The van der Waals surface area contributed by atoms with Gasteiger partial charge >= 0.3 is 6.98 Å². The summed E-state index contributed by atoms with van der Waals surface area (Å²) in [4.78, 5) is 0. The van der Waals surface area contributed by atoms with E-state index in [2.05, 4.69) is 6.58 Å². The van der Waals surface area contributed by atoms with Crippen molar-refractivity contribution in [1.82, 2.24) is 0 Å². The molecule has 11 heavy (non-hydrogen) atoms. The predicted molar refractivity (Wildman–Crippen MR) is 37.2 cm³/mol. The van der Waals surface area contributed by atoms with E-state index in [1.807, 2.05) is 0 Å². The van der Waals surface area contributed by atoms with E-state index in [0.717, 1.165) is 0 Å². The van der Waals surface area contributed by atoms with E-state index >= 15 is 0 Å². The number of rotatable bonds is 2. The highest BCUT2D eigenvalue weighted by Gasteiger charge is 2.33. The Morgan fingerprint density at radius 2 is 2.09 bits per heavy atom. The van der Waals surface area contributed by atoms with Crippen LogP contribution < -0.4 is 0 Å². The third-order valence-electron chi connectivity index (χ3n) is 1.76. The summed E-state index contributed by atoms with van der Waals surface area (Å²) >= 11 is 0. The molecule has 0 aliphatic carbocycles. The quantitative estimate of drug-likeness (QED) is 0.569. The van der Waals surface area contributed by atoms with Crippen LogP contribution in [0.1, 0.15) is 12.8 Å². The SMILES string of the molecule is C=C(C1CCCO1)[B-](F)(F)F. The van der Waals surface area contributed by atoms with Gasteiger partial charge in [-0.05, 0) is 12.8 Å². The molecule has 64 valence electrons. The van der Waals surface area contributed by atoms with Crippen LogP contribution >= 0.6 is 0 Å². The molecule has 0 aromatic heterocycles. The fraction of sp³-hybridized carbons (Fsp3) is 0.667. The van der Waals surface area contributed by atoms with E-state index in [0.29, 0.717) is 19.4 Å². The summed E-state index contributed by atoms with van der Waals surface area (Å²) in [6.45, 7) is -1.49. The van der Waals surface area contributed by atoms with Gasteiger partial charge < -0.3 is 17.7 Å². The van der Waals surface area contributed by atoms with Crippen molar-refractivity contribution in [2.75, 3.05) is 6.61 Å². The smallest absolute Gasteiger partial charge is 0.445 e. The zero-order chi connectivity index (χ0) is 8.48. The van der Waals surface area contributed by atoms with Gasteiger partial charge in [0.1, 0.15) is 0 Å². The van der Waals surface area contributed by atoms with Crippen molar-refractivity contribution >= 4 is 6.98 Å². The van der Waals surface area contributed by atoms with Crippen LogP contribution in [0, 0.1) is 0 Å². The van der Waals surface area contributed by atoms with Crippen LogP contribution in [0.5, 0.6) is 0 Å². The Balaban J connectivity index is 2.53. The molecule has 0 aromatic rings. The van der Waals surface area contributed by atoms with E-state index in [1.54, 1.807) is 0 Å². The first-order valence-corrected chi connectivity index (χ1v) is 3.52. The highest BCUT2D eigenvalue weighted by Crippen LogP contribution is 2.28. The van der Waals surface area contributed by atoms with Gasteiger partial charge in [-0.3, -0.25) is 0 Å². The molecule has 1 aliphatic rings. The average Bonchev–Trinajstić information content (AvgIpc) is 2.34. The molecule has 0 bridgehead atoms. The molecule has 0 spiro atoms. The highest BCUT2D eigenvalue weighted by atomic mass is 19.4. The minimum atomic E-state index is -4.90. The maximum atomic E-state index is 12.0. The van der Waals surface area contributed by atoms with Crippen LogP contribution in [0.25, 0.3) is 0 Å². The van der Waals surface area contributed by atoms with E-state index in [-0.39, 0.29) is 0 Å². The van der Waals surface area contributed by atoms with Crippen molar-refractivity contribution in [3.63, 3.8) is 0 Å². The lowest BCUT2D eigenvalue weighted by Gasteiger charge is -2.22. The standard InChI is InChI=1S/C6H9BF3O/c1-5(7(8,9)10)6-3-2-4-11-6/h6H,1-4H2/q-1. The Bertz CT molecular complexity index is 160. The third-order valence-corrected chi connectivity index (χ3v) is 1.76. The van der Waals surface area contributed by atoms with Crippen molar-refractivity contribution in [3.05, 3.63) is 12.1 Å². The van der Waals surface area contributed by atoms with Crippen molar-refractivity contribution < 1.29 is 17.7 Å². The van der Waals surface area contributed by atoms with Gasteiger partial charge in [0.15, 0.2) is 0 Å². The molecule has 0 saturated carbocycles. The molecule has 1 atom stereocenters. The van der Waals surface area contributed by atoms with Gasteiger partial charge in [-0.2, -0.15) is 0 Å². The first kappa shape index (κ1) is 8.65. The number of halogens is 3. The van der Waals surface area contributed by atoms with Gasteiger partial charge in [-0.15, -0.1) is 12.1 Å². The zero-order valence-corrected chi connectivity index (χ0v) is 6.03. The Labute approximate surface area is 63.3 Å². The molecule has 1 saturated heterocycles. The van der Waals surface area contributed by atoms with E-state index in [9.17, 15) is 12.9 Å². The first-order chi connectivity index (χ1) is 5.02. The molecule has 1 fully saturated rings. The van der Waals surface area contributed by atoms with Gasteiger partial charge in [0.05, 0.1) is 6.10 Å². The van der Waals surface area contributed by atoms with Crippen LogP contribution in [-0.4, -0.2) is 19.7 Å². The average molecular weight is 165 g/mol. The van der Waals surface area contributed by atoms with Gasteiger partial charge in [-0.1, -0.05) is 0 Å². The van der Waals surface area contributed by atoms with Crippen molar-refractivity contribution in [1.29, 1.82) is 0 Å². The van der Waals surface area contributed by atoms with E-state index < -0.39 is 18.6 Å². The summed E-state index contributed by atoms with van der Waals surface area (Å²) in [6.07, 6.45) is 0.394. The van der Waals surface area contributed by atoms with Crippen LogP contribution in [0.4, 0.5) is 12.9 Å². The van der Waals surface area contributed by atoms with Gasteiger partial charge in [0, 0.05) is 6.61 Å². The normalized spacial score (nSPS) is 25.5. The van der Waals surface area contributed by atoms with Crippen LogP contribution in [0.2, 0.25) is 0 Å². The van der Waals surface area contributed by atoms with Crippen molar-refractivity contribution in [3.8, 4) is 0 Å². The Kier molecular flexibility index (Phi) is 2.27. The van der Waals surface area contributed by atoms with Crippen LogP contribution in [-0.2, 0) is 4.74 Å². The lowest BCUT2D eigenvalue weighted by atomic mass is 9.76. The maximum absolute atomic E-state index is 12.0. The summed E-state index contributed by atoms with van der Waals surface area (Å²) in [5.41, 5.74) is -0.692. The first-order valence-electron chi connectivity index (χ1n) is 3.52. The molecule has 1 unspecified atom stereocenters. The molecule has 0 aromatic carbocycles. The molecule has 1 nitrogen and oxygen atoms in total. The fourth-order valence-corrected chi connectivity index (χ4v) is 1.08. The zero-order valence-electron chi connectivity index (χ0n) is 6.03. The second kappa shape index (κ2) is 2.89. The number of ether oxygens (including phenoxy) is 1. The van der Waals surface area contributed by atoms with Crippen LogP contribution in [0.3, 0.4) is 0 Å². The van der Waals surface area contributed by atoms with Crippen LogP contribution in [0.15, 0.2) is 12.1 Å². The van der Waals surface area contributed by atoms with Gasteiger partial charge in [0.2, 0.25) is 0 Å². The number of hydrogen-bond donors (Lipinski definition) is 0. The Morgan fingerprint density at radius 3 is 2.45 bits per heavy atom. The molecule has 0 radical (unpaired) electrons. The summed E-state index contributed by atoms with van der Waals surface area (Å²) in [6, 6.07) is 0. The molecule has 5 heteroatoms. The maximum Gasteiger partial charge on any atom is 0.507 e. The predicted octanol–water partition coefficient (Wildman–Crippen LogP) is 2.11. The minimum Gasteiger partial charge on any atom is -0.445 e. The van der Waals surface area contributed by atoms with Gasteiger partial charge in [0.25, 0.3) is 0 Å². The number of hydrogen-bond acceptors (Lipinski definition) is 1. The Hall–Kier alpha value is -0.445. The lowest BCUT2D eigenvalue weighted by Crippen LogP contribution is -2.27. The minimum absolute atomic E-state index is 0.426. The van der Waals surface area contributed by atoms with Gasteiger partial charge in [-0.25, -0.2) is 0 Å². The second-order valence-corrected chi connectivity index (χ2v) is 2.65.